The van der Waals surface area contributed by atoms with Gasteiger partial charge >= 0.3 is 0 Å². The second-order valence-corrected chi connectivity index (χ2v) is 8.47. The van der Waals surface area contributed by atoms with E-state index < -0.39 is 0 Å². The summed E-state index contributed by atoms with van der Waals surface area (Å²) in [5.74, 6) is -0.386. The summed E-state index contributed by atoms with van der Waals surface area (Å²) in [5, 5.41) is 9.83. The molecule has 0 saturated carbocycles. The predicted molar refractivity (Wildman–Crippen MR) is 134 cm³/mol. The molecule has 1 aromatic heterocycles. The number of amides is 1. The number of nitrogens with one attached hydrogen (secondary N) is 2. The van der Waals surface area contributed by atoms with Gasteiger partial charge in [-0.2, -0.15) is 0 Å². The van der Waals surface area contributed by atoms with Crippen molar-refractivity contribution in [1.29, 1.82) is 0 Å². The van der Waals surface area contributed by atoms with Crippen molar-refractivity contribution in [3.05, 3.63) is 87.8 Å². The van der Waals surface area contributed by atoms with E-state index >= 15 is 0 Å². The monoisotopic (exact) mass is 461 g/mol. The first-order valence-electron chi connectivity index (χ1n) is 11.4. The maximum Gasteiger partial charge on any atom is 0.290 e. The van der Waals surface area contributed by atoms with Crippen molar-refractivity contribution in [3.63, 3.8) is 0 Å². The van der Waals surface area contributed by atoms with Crippen LogP contribution >= 0.6 is 0 Å². The second-order valence-electron chi connectivity index (χ2n) is 8.47. The molecule has 1 atom stereocenters. The molecule has 1 amide bonds. The molecule has 4 rings (SSSR count). The van der Waals surface area contributed by atoms with Crippen LogP contribution in [-0.2, 0) is 11.3 Å². The minimum Gasteiger partial charge on any atom is -0.483 e. The zero-order valence-corrected chi connectivity index (χ0v) is 19.6. The minimum atomic E-state index is -0.386. The van der Waals surface area contributed by atoms with E-state index in [9.17, 15) is 9.59 Å². The first-order chi connectivity index (χ1) is 16.4. The largest absolute Gasteiger partial charge is 0.483 e. The van der Waals surface area contributed by atoms with Crippen molar-refractivity contribution in [2.75, 3.05) is 11.9 Å². The molecule has 0 bridgehead atoms. The number of H-pyrrole nitrogens is 1. The number of rotatable bonds is 5. The molecule has 178 valence electrons. The van der Waals surface area contributed by atoms with Crippen LogP contribution in [0.4, 0.5) is 5.69 Å². The maximum atomic E-state index is 13.0. The van der Waals surface area contributed by atoms with Gasteiger partial charge in [-0.1, -0.05) is 48.9 Å². The average Bonchev–Trinajstić information content (AvgIpc) is 2.84. The molecular formula is C27H31N3O4. The van der Waals surface area contributed by atoms with E-state index in [0.717, 1.165) is 35.3 Å². The third-order valence-electron chi connectivity index (χ3n) is 6.20. The number of carbonyl (C=O) groups is 2. The van der Waals surface area contributed by atoms with Crippen molar-refractivity contribution in [1.82, 2.24) is 9.88 Å². The molecule has 1 fully saturated rings. The molecule has 3 N–H and O–H groups in total. The average molecular weight is 462 g/mol. The summed E-state index contributed by atoms with van der Waals surface area (Å²) in [6.07, 6.45) is 5.37. The molecule has 0 spiro atoms. The first kappa shape index (κ1) is 24.9. The van der Waals surface area contributed by atoms with Crippen LogP contribution in [0.3, 0.4) is 0 Å². The molecule has 1 aliphatic heterocycles. The number of nitrogens with zero attached hydrogens (tertiary/aromatic N) is 1. The number of pyridine rings is 1. The third-order valence-corrected chi connectivity index (χ3v) is 6.20. The van der Waals surface area contributed by atoms with Crippen LogP contribution in [0.2, 0.25) is 0 Å². The Morgan fingerprint density at radius 1 is 1.18 bits per heavy atom. The van der Waals surface area contributed by atoms with Gasteiger partial charge in [-0.25, -0.2) is 0 Å². The number of likely N-dealkylation sites (tertiary alicyclic amines) is 1. The summed E-state index contributed by atoms with van der Waals surface area (Å²) in [6.45, 7) is 5.76. The van der Waals surface area contributed by atoms with E-state index in [0.29, 0.717) is 11.7 Å². The lowest BCUT2D eigenvalue weighted by molar-refractivity contribution is -0.122. The van der Waals surface area contributed by atoms with Crippen LogP contribution in [-0.4, -0.2) is 40.0 Å². The Kier molecular flexibility index (Phi) is 8.76. The Hall–Kier alpha value is -3.71. The second kappa shape index (κ2) is 12.0. The molecule has 3 aromatic rings. The fourth-order valence-electron chi connectivity index (χ4n) is 4.31. The molecule has 1 aliphatic rings. The van der Waals surface area contributed by atoms with Gasteiger partial charge in [0.2, 0.25) is 0 Å². The highest BCUT2D eigenvalue weighted by Gasteiger charge is 2.20. The summed E-state index contributed by atoms with van der Waals surface area (Å²) < 4.78 is 0. The smallest absolute Gasteiger partial charge is 0.290 e. The van der Waals surface area contributed by atoms with E-state index in [1.54, 1.807) is 12.3 Å². The van der Waals surface area contributed by atoms with Gasteiger partial charge in [0.25, 0.3) is 17.9 Å². The molecule has 2 heterocycles. The van der Waals surface area contributed by atoms with E-state index in [4.69, 9.17) is 9.90 Å². The number of hydrogen-bond donors (Lipinski definition) is 3. The zero-order chi connectivity index (χ0) is 24.5. The Bertz CT molecular complexity index is 1170. The van der Waals surface area contributed by atoms with Crippen LogP contribution in [0.15, 0.2) is 65.6 Å². The third kappa shape index (κ3) is 6.20. The number of hydrogen-bond acceptors (Lipinski definition) is 4. The quantitative estimate of drug-likeness (QED) is 0.479. The van der Waals surface area contributed by atoms with Gasteiger partial charge in [-0.05, 0) is 67.6 Å². The summed E-state index contributed by atoms with van der Waals surface area (Å²) in [5.41, 5.74) is 4.55. The number of benzene rings is 2. The molecular weight excluding hydrogens is 430 g/mol. The normalized spacial score (nSPS) is 15.6. The summed E-state index contributed by atoms with van der Waals surface area (Å²) in [6, 6.07) is 18.1. The highest BCUT2D eigenvalue weighted by atomic mass is 16.3. The predicted octanol–water partition coefficient (Wildman–Crippen LogP) is 4.68. The van der Waals surface area contributed by atoms with Crippen molar-refractivity contribution >= 4 is 18.1 Å². The van der Waals surface area contributed by atoms with E-state index in [-0.39, 0.29) is 23.5 Å². The zero-order valence-electron chi connectivity index (χ0n) is 19.6. The first-order valence-corrected chi connectivity index (χ1v) is 11.4. The van der Waals surface area contributed by atoms with Crippen LogP contribution < -0.4 is 10.9 Å². The van der Waals surface area contributed by atoms with Crippen LogP contribution in [0.1, 0.15) is 47.7 Å². The van der Waals surface area contributed by atoms with Crippen LogP contribution in [0, 0.1) is 6.92 Å². The molecule has 0 aliphatic carbocycles. The van der Waals surface area contributed by atoms with Gasteiger partial charge in [0.05, 0.1) is 0 Å². The Labute approximate surface area is 199 Å². The Balaban J connectivity index is 0.00000103. The van der Waals surface area contributed by atoms with Crippen molar-refractivity contribution < 1.29 is 14.7 Å². The molecule has 1 saturated heterocycles. The lowest BCUT2D eigenvalue weighted by Gasteiger charge is -2.33. The number of carbonyl (C=O) groups excluding carboxylic acids is 1. The van der Waals surface area contributed by atoms with E-state index in [1.807, 2.05) is 55.5 Å². The molecule has 7 heteroatoms. The molecule has 0 radical (unpaired) electrons. The highest BCUT2D eigenvalue weighted by molar-refractivity contribution is 6.05. The van der Waals surface area contributed by atoms with Crippen molar-refractivity contribution in [2.24, 2.45) is 0 Å². The maximum absolute atomic E-state index is 13.0. The van der Waals surface area contributed by atoms with Gasteiger partial charge in [0.1, 0.15) is 5.56 Å². The summed E-state index contributed by atoms with van der Waals surface area (Å²) >= 11 is 0. The standard InChI is InChI=1S/C26H29N3O2.CH2O2/c1-18-9-6-7-14-29(18)17-20-15-23(25(30)27-16-20)26(31)28-24-13-8-12-22(19(24)2)21-10-4-3-5-11-21;2-1-3/h3-5,8,10-13,15-16,18H,6-7,9,14,17H2,1-2H3,(H,27,30)(H,28,31);1H,(H,2,3). The molecule has 1 unspecified atom stereocenters. The van der Waals surface area contributed by atoms with Crippen molar-refractivity contribution in [3.8, 4) is 11.1 Å². The van der Waals surface area contributed by atoms with Gasteiger partial charge in [0.15, 0.2) is 0 Å². The fourth-order valence-corrected chi connectivity index (χ4v) is 4.31. The highest BCUT2D eigenvalue weighted by Crippen LogP contribution is 2.28. The van der Waals surface area contributed by atoms with Gasteiger partial charge < -0.3 is 15.4 Å². The van der Waals surface area contributed by atoms with Gasteiger partial charge in [-0.15, -0.1) is 0 Å². The topological polar surface area (TPSA) is 103 Å². The number of aromatic nitrogens is 1. The van der Waals surface area contributed by atoms with Gasteiger partial charge in [0, 0.05) is 24.5 Å². The Morgan fingerprint density at radius 2 is 1.91 bits per heavy atom. The number of piperidine rings is 1. The summed E-state index contributed by atoms with van der Waals surface area (Å²) in [7, 11) is 0. The molecule has 7 nitrogen and oxygen atoms in total. The SMILES string of the molecule is Cc1c(NC(=O)c2cc(CN3CCCCC3C)c[nH]c2=O)cccc1-c1ccccc1.O=CO. The number of carboxylic acid groups (broad SMARTS) is 1. The van der Waals surface area contributed by atoms with Gasteiger partial charge in [-0.3, -0.25) is 19.3 Å². The molecule has 34 heavy (non-hydrogen) atoms. The lowest BCUT2D eigenvalue weighted by Crippen LogP contribution is -2.37. The fraction of sp³-hybridized carbons (Fsp3) is 0.296. The Morgan fingerprint density at radius 3 is 2.62 bits per heavy atom. The van der Waals surface area contributed by atoms with E-state index in [1.165, 1.54) is 19.3 Å². The minimum absolute atomic E-state index is 0.145. The van der Waals surface area contributed by atoms with E-state index in [2.05, 4.69) is 22.1 Å². The number of anilines is 1. The van der Waals surface area contributed by atoms with Crippen LogP contribution in [0.25, 0.3) is 11.1 Å². The molecule has 2 aromatic carbocycles. The van der Waals surface area contributed by atoms with Crippen molar-refractivity contribution in [2.45, 2.75) is 45.7 Å². The lowest BCUT2D eigenvalue weighted by atomic mass is 9.99. The van der Waals surface area contributed by atoms with Crippen LogP contribution in [0.5, 0.6) is 0 Å². The summed E-state index contributed by atoms with van der Waals surface area (Å²) in [4.78, 5) is 38.9. The number of aromatic amines is 1.